The first-order valence-electron chi connectivity index (χ1n) is 5.39. The Kier molecular flexibility index (Phi) is 2.45. The highest BCUT2D eigenvalue weighted by Gasteiger charge is 2.15. The van der Waals surface area contributed by atoms with Gasteiger partial charge in [0.15, 0.2) is 11.6 Å². The lowest BCUT2D eigenvalue weighted by atomic mass is 10.2. The molecule has 0 amide bonds. The van der Waals surface area contributed by atoms with Gasteiger partial charge in [0.2, 0.25) is 0 Å². The number of aromatic hydroxyl groups is 1. The molecule has 0 unspecified atom stereocenters. The Bertz CT molecular complexity index is 783. The quantitative estimate of drug-likeness (QED) is 0.708. The van der Waals surface area contributed by atoms with Crippen molar-refractivity contribution in [3.05, 3.63) is 47.8 Å². The van der Waals surface area contributed by atoms with Gasteiger partial charge in [-0.05, 0) is 24.3 Å². The zero-order chi connectivity index (χ0) is 13.6. The van der Waals surface area contributed by atoms with Crippen LogP contribution in [-0.4, -0.2) is 15.1 Å². The van der Waals surface area contributed by atoms with Gasteiger partial charge in [-0.25, -0.2) is 18.2 Å². The molecule has 19 heavy (non-hydrogen) atoms. The Labute approximate surface area is 105 Å². The van der Waals surface area contributed by atoms with Crippen LogP contribution in [0.1, 0.15) is 0 Å². The second kappa shape index (κ2) is 4.01. The highest BCUT2D eigenvalue weighted by Crippen LogP contribution is 2.27. The van der Waals surface area contributed by atoms with Gasteiger partial charge in [0.05, 0.1) is 11.1 Å². The summed E-state index contributed by atoms with van der Waals surface area (Å²) in [6.07, 6.45) is 0. The van der Waals surface area contributed by atoms with E-state index in [2.05, 4.69) is 9.97 Å². The molecule has 0 atom stereocenters. The Morgan fingerprint density at radius 3 is 2.53 bits per heavy atom. The molecule has 1 aromatic heterocycles. The molecule has 2 N–H and O–H groups in total. The van der Waals surface area contributed by atoms with E-state index in [0.717, 1.165) is 12.1 Å². The molecule has 0 saturated carbocycles. The van der Waals surface area contributed by atoms with E-state index < -0.39 is 17.5 Å². The molecule has 6 heteroatoms. The van der Waals surface area contributed by atoms with Crippen LogP contribution >= 0.6 is 0 Å². The molecule has 0 spiro atoms. The standard InChI is InChI=1S/C13H7F3N2O/c14-8-3-4-10-12(11(8)16)18-13(17-10)7-2-1-6(19)5-9(7)15/h1-5,19H,(H,17,18). The van der Waals surface area contributed by atoms with Crippen molar-refractivity contribution in [2.45, 2.75) is 0 Å². The van der Waals surface area contributed by atoms with Crippen molar-refractivity contribution < 1.29 is 18.3 Å². The Morgan fingerprint density at radius 1 is 1.00 bits per heavy atom. The van der Waals surface area contributed by atoms with Crippen molar-refractivity contribution in [3.63, 3.8) is 0 Å². The number of imidazole rings is 1. The van der Waals surface area contributed by atoms with E-state index in [1.807, 2.05) is 0 Å². The third kappa shape index (κ3) is 1.81. The predicted molar refractivity (Wildman–Crippen MR) is 63.1 cm³/mol. The zero-order valence-electron chi connectivity index (χ0n) is 9.42. The van der Waals surface area contributed by atoms with Crippen molar-refractivity contribution in [2.24, 2.45) is 0 Å². The normalized spacial score (nSPS) is 11.1. The van der Waals surface area contributed by atoms with Gasteiger partial charge in [-0.2, -0.15) is 0 Å². The van der Waals surface area contributed by atoms with Gasteiger partial charge in [0, 0.05) is 6.07 Å². The number of benzene rings is 2. The predicted octanol–water partition coefficient (Wildman–Crippen LogP) is 3.35. The summed E-state index contributed by atoms with van der Waals surface area (Å²) in [5, 5.41) is 9.12. The molecule has 0 aliphatic rings. The molecule has 2 aromatic carbocycles. The molecule has 3 rings (SSSR count). The van der Waals surface area contributed by atoms with Gasteiger partial charge in [-0.1, -0.05) is 0 Å². The summed E-state index contributed by atoms with van der Waals surface area (Å²) in [6.45, 7) is 0. The summed E-state index contributed by atoms with van der Waals surface area (Å²) in [5.74, 6) is -2.97. The molecule has 0 aliphatic carbocycles. The monoisotopic (exact) mass is 264 g/mol. The molecule has 1 heterocycles. The fraction of sp³-hybridized carbons (Fsp3) is 0. The Balaban J connectivity index is 2.23. The third-order valence-corrected chi connectivity index (χ3v) is 2.75. The number of nitrogens with one attached hydrogen (secondary N) is 1. The van der Waals surface area contributed by atoms with Crippen LogP contribution in [-0.2, 0) is 0 Å². The molecule has 0 bridgehead atoms. The van der Waals surface area contributed by atoms with E-state index >= 15 is 0 Å². The highest BCUT2D eigenvalue weighted by atomic mass is 19.2. The van der Waals surface area contributed by atoms with E-state index in [9.17, 15) is 13.2 Å². The van der Waals surface area contributed by atoms with Crippen molar-refractivity contribution in [3.8, 4) is 17.1 Å². The Hall–Kier alpha value is -2.50. The minimum atomic E-state index is -1.08. The van der Waals surface area contributed by atoms with Gasteiger partial charge in [0.1, 0.15) is 22.9 Å². The van der Waals surface area contributed by atoms with E-state index in [1.54, 1.807) is 0 Å². The average Bonchev–Trinajstić information content (AvgIpc) is 2.78. The number of aromatic amines is 1. The van der Waals surface area contributed by atoms with E-state index in [-0.39, 0.29) is 28.2 Å². The fourth-order valence-corrected chi connectivity index (χ4v) is 1.84. The lowest BCUT2D eigenvalue weighted by molar-refractivity contribution is 0.469. The number of hydrogen-bond acceptors (Lipinski definition) is 2. The van der Waals surface area contributed by atoms with Crippen LogP contribution in [0, 0.1) is 17.5 Å². The van der Waals surface area contributed by atoms with Crippen LogP contribution in [0.2, 0.25) is 0 Å². The van der Waals surface area contributed by atoms with Crippen molar-refractivity contribution in [2.75, 3.05) is 0 Å². The van der Waals surface area contributed by atoms with E-state index in [1.165, 1.54) is 18.2 Å². The van der Waals surface area contributed by atoms with Gasteiger partial charge in [-0.3, -0.25) is 0 Å². The maximum Gasteiger partial charge on any atom is 0.186 e. The van der Waals surface area contributed by atoms with Crippen LogP contribution in [0.3, 0.4) is 0 Å². The van der Waals surface area contributed by atoms with E-state index in [0.29, 0.717) is 0 Å². The topological polar surface area (TPSA) is 48.9 Å². The maximum atomic E-state index is 13.7. The summed E-state index contributed by atoms with van der Waals surface area (Å²) in [5.41, 5.74) is 0.137. The summed E-state index contributed by atoms with van der Waals surface area (Å²) in [7, 11) is 0. The van der Waals surface area contributed by atoms with E-state index in [4.69, 9.17) is 5.11 Å². The minimum Gasteiger partial charge on any atom is -0.508 e. The molecule has 0 saturated heterocycles. The summed E-state index contributed by atoms with van der Waals surface area (Å²) >= 11 is 0. The summed E-state index contributed by atoms with van der Waals surface area (Å²) < 4.78 is 40.2. The van der Waals surface area contributed by atoms with Gasteiger partial charge in [0.25, 0.3) is 0 Å². The number of rotatable bonds is 1. The Morgan fingerprint density at radius 2 is 1.79 bits per heavy atom. The van der Waals surface area contributed by atoms with Crippen LogP contribution in [0.25, 0.3) is 22.4 Å². The lowest BCUT2D eigenvalue weighted by Gasteiger charge is -1.99. The second-order valence-corrected chi connectivity index (χ2v) is 4.01. The molecule has 0 aliphatic heterocycles. The number of hydrogen-bond donors (Lipinski definition) is 2. The van der Waals surface area contributed by atoms with Crippen LogP contribution in [0.5, 0.6) is 5.75 Å². The zero-order valence-corrected chi connectivity index (χ0v) is 9.42. The van der Waals surface area contributed by atoms with Crippen molar-refractivity contribution >= 4 is 11.0 Å². The molecule has 3 nitrogen and oxygen atoms in total. The minimum absolute atomic E-state index is 0.0637. The SMILES string of the molecule is Oc1ccc(-c2nc3c(F)c(F)ccc3[nH]2)c(F)c1. The summed E-state index contributed by atoms with van der Waals surface area (Å²) in [4.78, 5) is 6.54. The molecule has 96 valence electrons. The van der Waals surface area contributed by atoms with Crippen LogP contribution in [0.4, 0.5) is 13.2 Å². The largest absolute Gasteiger partial charge is 0.508 e. The summed E-state index contributed by atoms with van der Waals surface area (Å²) in [6, 6.07) is 5.79. The molecular formula is C13H7F3N2O. The second-order valence-electron chi connectivity index (χ2n) is 4.01. The number of aromatic nitrogens is 2. The number of halogens is 3. The first-order valence-corrected chi connectivity index (χ1v) is 5.39. The number of H-pyrrole nitrogens is 1. The smallest absolute Gasteiger partial charge is 0.186 e. The fourth-order valence-electron chi connectivity index (χ4n) is 1.84. The van der Waals surface area contributed by atoms with Gasteiger partial charge < -0.3 is 10.1 Å². The van der Waals surface area contributed by atoms with Crippen molar-refractivity contribution in [1.29, 1.82) is 0 Å². The molecular weight excluding hydrogens is 257 g/mol. The molecule has 3 aromatic rings. The first-order chi connectivity index (χ1) is 9.06. The molecule has 0 radical (unpaired) electrons. The van der Waals surface area contributed by atoms with Crippen LogP contribution < -0.4 is 0 Å². The number of phenolic OH excluding ortho intramolecular Hbond substituents is 1. The maximum absolute atomic E-state index is 13.7. The lowest BCUT2D eigenvalue weighted by Crippen LogP contribution is -1.86. The number of nitrogens with zero attached hydrogens (tertiary/aromatic N) is 1. The third-order valence-electron chi connectivity index (χ3n) is 2.75. The molecule has 0 fully saturated rings. The number of fused-ring (bicyclic) bond motifs is 1. The van der Waals surface area contributed by atoms with Gasteiger partial charge >= 0.3 is 0 Å². The van der Waals surface area contributed by atoms with Gasteiger partial charge in [-0.15, -0.1) is 0 Å². The highest BCUT2D eigenvalue weighted by molar-refractivity contribution is 5.80. The number of phenols is 1. The van der Waals surface area contributed by atoms with Crippen molar-refractivity contribution in [1.82, 2.24) is 9.97 Å². The van der Waals surface area contributed by atoms with Crippen LogP contribution in [0.15, 0.2) is 30.3 Å². The average molecular weight is 264 g/mol. The first kappa shape index (κ1) is 11.6.